The number of carbonyl (C=O) groups excluding carboxylic acids is 1. The predicted octanol–water partition coefficient (Wildman–Crippen LogP) is 3.66. The van der Waals surface area contributed by atoms with E-state index in [0.717, 1.165) is 5.56 Å². The third-order valence-corrected chi connectivity index (χ3v) is 7.34. The van der Waals surface area contributed by atoms with Crippen LogP contribution in [0.4, 0.5) is 0 Å². The van der Waals surface area contributed by atoms with Crippen LogP contribution >= 0.6 is 11.6 Å². The van der Waals surface area contributed by atoms with Crippen molar-refractivity contribution in [1.29, 1.82) is 5.26 Å². The van der Waals surface area contributed by atoms with Gasteiger partial charge in [-0.05, 0) is 43.7 Å². The molecule has 27 heavy (non-hydrogen) atoms. The van der Waals surface area contributed by atoms with Gasteiger partial charge in [-0.1, -0.05) is 41.4 Å². The first-order valence-electron chi connectivity index (χ1n) is 8.43. The molecule has 3 rings (SSSR count). The topological polar surface area (TPSA) is 84.2 Å². The lowest BCUT2D eigenvalue weighted by Crippen LogP contribution is -2.25. The van der Waals surface area contributed by atoms with Crippen LogP contribution in [0.15, 0.2) is 53.4 Å². The van der Waals surface area contributed by atoms with E-state index in [1.54, 1.807) is 19.1 Å². The fraction of sp³-hybridized carbons (Fsp3) is 0.300. The maximum atomic E-state index is 13.2. The molecule has 0 amide bonds. The van der Waals surface area contributed by atoms with Crippen molar-refractivity contribution >= 4 is 27.4 Å². The number of hydrogen-bond donors (Lipinski definition) is 0. The summed E-state index contributed by atoms with van der Waals surface area (Å²) in [5.41, 5.74) is -0.142. The molecule has 0 spiro atoms. The maximum Gasteiger partial charge on any atom is 0.328 e. The van der Waals surface area contributed by atoms with Gasteiger partial charge < -0.3 is 4.74 Å². The van der Waals surface area contributed by atoms with Gasteiger partial charge in [-0.2, -0.15) is 5.26 Å². The molecule has 0 radical (unpaired) electrons. The Labute approximate surface area is 163 Å². The molecule has 0 N–H and O–H groups in total. The fourth-order valence-electron chi connectivity index (χ4n) is 3.43. The van der Waals surface area contributed by atoms with Crippen LogP contribution in [0.5, 0.6) is 0 Å². The number of esters is 1. The molecule has 0 bridgehead atoms. The lowest BCUT2D eigenvalue weighted by atomic mass is 10.00. The van der Waals surface area contributed by atoms with Gasteiger partial charge in [0.15, 0.2) is 15.3 Å². The number of sulfone groups is 1. The Hall–Kier alpha value is -2.36. The minimum absolute atomic E-state index is 0.0236. The van der Waals surface area contributed by atoms with Crippen LogP contribution in [0.2, 0.25) is 5.02 Å². The van der Waals surface area contributed by atoms with Crippen LogP contribution in [-0.4, -0.2) is 26.2 Å². The Morgan fingerprint density at radius 1 is 1.19 bits per heavy atom. The average molecular weight is 404 g/mol. The lowest BCUT2D eigenvalue weighted by molar-refractivity contribution is -0.147. The van der Waals surface area contributed by atoms with Gasteiger partial charge >= 0.3 is 5.97 Å². The first-order valence-corrected chi connectivity index (χ1v) is 10.4. The molecule has 0 aliphatic heterocycles. The van der Waals surface area contributed by atoms with E-state index in [1.807, 2.05) is 25.1 Å². The molecular weight excluding hydrogens is 386 g/mol. The number of halogens is 1. The summed E-state index contributed by atoms with van der Waals surface area (Å²) in [5.74, 6) is -1.59. The van der Waals surface area contributed by atoms with Crippen molar-refractivity contribution in [3.8, 4) is 6.07 Å². The Bertz CT molecular complexity index is 1010. The van der Waals surface area contributed by atoms with Crippen LogP contribution in [0.25, 0.3) is 0 Å². The highest BCUT2D eigenvalue weighted by molar-refractivity contribution is 7.92. The molecule has 0 heterocycles. The number of benzene rings is 2. The molecule has 140 valence electrons. The average Bonchev–Trinajstić information content (AvgIpc) is 3.34. The molecule has 3 atom stereocenters. The summed E-state index contributed by atoms with van der Waals surface area (Å²) in [4.78, 5) is 12.6. The zero-order valence-electron chi connectivity index (χ0n) is 14.8. The summed E-state index contributed by atoms with van der Waals surface area (Å²) in [6, 6.07) is 14.8. The van der Waals surface area contributed by atoms with Crippen molar-refractivity contribution in [3.05, 3.63) is 64.7 Å². The van der Waals surface area contributed by atoms with Crippen LogP contribution < -0.4 is 0 Å². The Morgan fingerprint density at radius 2 is 1.78 bits per heavy atom. The van der Waals surface area contributed by atoms with Gasteiger partial charge in [-0.3, -0.25) is 4.79 Å². The van der Waals surface area contributed by atoms with E-state index in [4.69, 9.17) is 16.3 Å². The Balaban J connectivity index is 2.12. The van der Waals surface area contributed by atoms with Crippen molar-refractivity contribution in [2.45, 2.75) is 29.9 Å². The number of nitriles is 1. The van der Waals surface area contributed by atoms with E-state index in [0.29, 0.717) is 10.6 Å². The van der Waals surface area contributed by atoms with Gasteiger partial charge in [0.05, 0.1) is 17.6 Å². The van der Waals surface area contributed by atoms with E-state index in [-0.39, 0.29) is 11.5 Å². The minimum Gasteiger partial charge on any atom is -0.465 e. The fourth-order valence-corrected chi connectivity index (χ4v) is 5.81. The zero-order valence-corrected chi connectivity index (χ0v) is 16.4. The second kappa shape index (κ2) is 6.99. The summed E-state index contributed by atoms with van der Waals surface area (Å²) in [5, 5.41) is 9.02. The molecule has 2 aromatic rings. The number of hydrogen-bond acceptors (Lipinski definition) is 5. The second-order valence-electron chi connectivity index (χ2n) is 6.51. The third-order valence-electron chi connectivity index (χ3n) is 4.84. The zero-order chi connectivity index (χ0) is 19.8. The van der Waals surface area contributed by atoms with E-state index in [2.05, 4.69) is 0 Å². The van der Waals surface area contributed by atoms with Crippen LogP contribution in [-0.2, 0) is 19.4 Å². The highest BCUT2D eigenvalue weighted by Crippen LogP contribution is 2.64. The van der Waals surface area contributed by atoms with E-state index in [1.165, 1.54) is 24.3 Å². The standard InChI is InChI=1S/C20H18ClNO4S/c1-3-26-19(23)20(12-22)17(14-6-4-13(2)5-7-14)18(20)27(24,25)16-10-8-15(21)9-11-16/h4-11,17-18H,3H2,1-2H3/t17-,18+,20+/m1/s1. The number of carbonyl (C=O) groups is 1. The molecule has 0 saturated heterocycles. The minimum atomic E-state index is -3.95. The van der Waals surface area contributed by atoms with Gasteiger partial charge in [0.1, 0.15) is 5.25 Å². The van der Waals surface area contributed by atoms with Crippen LogP contribution in [0, 0.1) is 23.7 Å². The number of rotatable bonds is 5. The second-order valence-corrected chi connectivity index (χ2v) is 9.01. The first-order chi connectivity index (χ1) is 12.8. The number of ether oxygens (including phenoxy) is 1. The van der Waals surface area contributed by atoms with E-state index >= 15 is 0 Å². The normalized spacial score (nSPS) is 24.1. The van der Waals surface area contributed by atoms with Crippen molar-refractivity contribution < 1.29 is 17.9 Å². The van der Waals surface area contributed by atoms with E-state index < -0.39 is 32.4 Å². The summed E-state index contributed by atoms with van der Waals surface area (Å²) >= 11 is 5.85. The monoisotopic (exact) mass is 403 g/mol. The highest BCUT2D eigenvalue weighted by atomic mass is 35.5. The highest BCUT2D eigenvalue weighted by Gasteiger charge is 2.77. The molecule has 1 aliphatic rings. The van der Waals surface area contributed by atoms with E-state index in [9.17, 15) is 18.5 Å². The molecule has 7 heteroatoms. The molecule has 1 fully saturated rings. The summed E-state index contributed by atoms with van der Waals surface area (Å²) in [6.07, 6.45) is 0. The molecular formula is C20H18ClNO4S. The SMILES string of the molecule is CCOC(=O)[C@@]1(C#N)[C@H](c2ccc(C)cc2)[C@@H]1S(=O)(=O)c1ccc(Cl)cc1. The molecule has 0 aromatic heterocycles. The van der Waals surface area contributed by atoms with Gasteiger partial charge in [0.25, 0.3) is 0 Å². The Morgan fingerprint density at radius 3 is 2.30 bits per heavy atom. The van der Waals surface area contributed by atoms with Crippen molar-refractivity contribution in [2.24, 2.45) is 5.41 Å². The van der Waals surface area contributed by atoms with Crippen molar-refractivity contribution in [2.75, 3.05) is 6.61 Å². The Kier molecular flexibility index (Phi) is 5.02. The van der Waals surface area contributed by atoms with Gasteiger partial charge in [0.2, 0.25) is 0 Å². The third kappa shape index (κ3) is 3.11. The quantitative estimate of drug-likeness (QED) is 0.711. The lowest BCUT2D eigenvalue weighted by Gasteiger charge is -2.09. The molecule has 1 aliphatic carbocycles. The van der Waals surface area contributed by atoms with Crippen molar-refractivity contribution in [1.82, 2.24) is 0 Å². The van der Waals surface area contributed by atoms with Crippen molar-refractivity contribution in [3.63, 3.8) is 0 Å². The molecule has 2 aromatic carbocycles. The number of aryl methyl sites for hydroxylation is 1. The van der Waals surface area contributed by atoms with Crippen LogP contribution in [0.3, 0.4) is 0 Å². The summed E-state index contributed by atoms with van der Waals surface area (Å²) in [7, 11) is -3.95. The smallest absolute Gasteiger partial charge is 0.328 e. The summed E-state index contributed by atoms with van der Waals surface area (Å²) in [6.45, 7) is 3.59. The number of nitrogens with zero attached hydrogens (tertiary/aromatic N) is 1. The van der Waals surface area contributed by atoms with Gasteiger partial charge in [0, 0.05) is 10.9 Å². The molecule has 1 saturated carbocycles. The predicted molar refractivity (Wildman–Crippen MR) is 101 cm³/mol. The largest absolute Gasteiger partial charge is 0.465 e. The molecule has 0 unspecified atom stereocenters. The van der Waals surface area contributed by atoms with Crippen LogP contribution in [0.1, 0.15) is 24.0 Å². The maximum absolute atomic E-state index is 13.2. The van der Waals surface area contributed by atoms with Gasteiger partial charge in [-0.25, -0.2) is 8.42 Å². The van der Waals surface area contributed by atoms with Gasteiger partial charge in [-0.15, -0.1) is 0 Å². The molecule has 5 nitrogen and oxygen atoms in total. The first kappa shape index (κ1) is 19.4. The summed E-state index contributed by atoms with van der Waals surface area (Å²) < 4.78 is 31.5.